The van der Waals surface area contributed by atoms with Crippen LogP contribution in [0.25, 0.3) is 0 Å². The van der Waals surface area contributed by atoms with Crippen LogP contribution in [0.5, 0.6) is 5.75 Å². The summed E-state index contributed by atoms with van der Waals surface area (Å²) < 4.78 is 26.1. The summed E-state index contributed by atoms with van der Waals surface area (Å²) >= 11 is 0. The highest BCUT2D eigenvalue weighted by Crippen LogP contribution is 2.60. The molecule has 3 atom stereocenters. The van der Waals surface area contributed by atoms with Crippen LogP contribution in [0.3, 0.4) is 0 Å². The Labute approximate surface area is 239 Å². The van der Waals surface area contributed by atoms with Gasteiger partial charge in [0.1, 0.15) is 17.7 Å². The number of rotatable bonds is 6. The van der Waals surface area contributed by atoms with E-state index in [4.69, 9.17) is 9.47 Å². The number of piperazine rings is 1. The number of carbonyl (C=O) groups excluding carboxylic acids is 3. The van der Waals surface area contributed by atoms with Gasteiger partial charge in [-0.1, -0.05) is 20.8 Å². The van der Waals surface area contributed by atoms with Crippen molar-refractivity contribution in [3.63, 3.8) is 0 Å². The van der Waals surface area contributed by atoms with Gasteiger partial charge in [-0.25, -0.2) is 9.18 Å². The van der Waals surface area contributed by atoms with Gasteiger partial charge in [0.25, 0.3) is 0 Å². The molecule has 2 unspecified atom stereocenters. The Hall–Kier alpha value is -3.82. The normalized spacial score (nSPS) is 27.5. The Morgan fingerprint density at radius 1 is 0.951 bits per heavy atom. The average Bonchev–Trinajstić information content (AvgIpc) is 3.43. The summed E-state index contributed by atoms with van der Waals surface area (Å²) in [5, 5.41) is 0. The van der Waals surface area contributed by atoms with E-state index in [1.165, 1.54) is 15.9 Å². The molecule has 0 spiro atoms. The second-order valence-electron chi connectivity index (χ2n) is 12.3. The maximum absolute atomic E-state index is 15.4. The molecule has 9 nitrogen and oxygen atoms in total. The van der Waals surface area contributed by atoms with Crippen molar-refractivity contribution in [3.8, 4) is 5.75 Å². The molecule has 218 valence electrons. The first-order chi connectivity index (χ1) is 19.5. The molecule has 10 heteroatoms. The van der Waals surface area contributed by atoms with Crippen LogP contribution in [0.4, 0.5) is 26.2 Å². The van der Waals surface area contributed by atoms with Crippen LogP contribution >= 0.6 is 0 Å². The number of amides is 3. The number of ether oxygens (including phenoxy) is 2. The molecular formula is C31H37FN4O5. The number of cyclic esters (lactones) is 1. The molecule has 0 N–H and O–H groups in total. The smallest absolute Gasteiger partial charge is 0.414 e. The molecule has 3 saturated heterocycles. The van der Waals surface area contributed by atoms with E-state index in [9.17, 15) is 14.4 Å². The fourth-order valence-corrected chi connectivity index (χ4v) is 7.02. The van der Waals surface area contributed by atoms with Gasteiger partial charge in [-0.15, -0.1) is 0 Å². The third-order valence-electron chi connectivity index (χ3n) is 10.1. The molecule has 41 heavy (non-hydrogen) atoms. The summed E-state index contributed by atoms with van der Waals surface area (Å²) in [7, 11) is 1.64. The van der Waals surface area contributed by atoms with Crippen LogP contribution in [0.2, 0.25) is 0 Å². The van der Waals surface area contributed by atoms with Crippen molar-refractivity contribution < 1.29 is 28.2 Å². The summed E-state index contributed by atoms with van der Waals surface area (Å²) in [6.45, 7) is 8.89. The summed E-state index contributed by atoms with van der Waals surface area (Å²) in [6.07, 6.45) is 0.0726. The van der Waals surface area contributed by atoms with Crippen LogP contribution in [-0.2, 0) is 14.3 Å². The third-order valence-corrected chi connectivity index (χ3v) is 10.1. The lowest BCUT2D eigenvalue weighted by molar-refractivity contribution is -0.169. The number of nitrogens with zero attached hydrogens (tertiary/aromatic N) is 4. The molecule has 1 saturated carbocycles. The van der Waals surface area contributed by atoms with Crippen molar-refractivity contribution in [1.82, 2.24) is 4.90 Å². The zero-order chi connectivity index (χ0) is 29.1. The molecule has 3 heterocycles. The van der Waals surface area contributed by atoms with Gasteiger partial charge in [0.15, 0.2) is 0 Å². The number of fused-ring (bicyclic) bond motifs is 2. The van der Waals surface area contributed by atoms with Gasteiger partial charge >= 0.3 is 6.09 Å². The molecule has 2 aromatic carbocycles. The number of anilines is 3. The molecule has 0 aromatic heterocycles. The summed E-state index contributed by atoms with van der Waals surface area (Å²) in [5.41, 5.74) is 0.954. The van der Waals surface area contributed by atoms with Gasteiger partial charge in [0.2, 0.25) is 11.8 Å². The monoisotopic (exact) mass is 564 g/mol. The molecule has 1 aliphatic carbocycles. The lowest BCUT2D eigenvalue weighted by Gasteiger charge is -2.47. The van der Waals surface area contributed by atoms with Crippen molar-refractivity contribution in [2.75, 3.05) is 61.1 Å². The molecule has 4 aliphatic rings. The number of hydrogen-bond acceptors (Lipinski definition) is 7. The molecule has 2 aromatic rings. The van der Waals surface area contributed by atoms with Gasteiger partial charge in [-0.05, 0) is 60.7 Å². The predicted octanol–water partition coefficient (Wildman–Crippen LogP) is 4.30. The minimum atomic E-state index is -0.673. The highest BCUT2D eigenvalue weighted by atomic mass is 19.1. The van der Waals surface area contributed by atoms with E-state index in [2.05, 4.69) is 4.90 Å². The maximum Gasteiger partial charge on any atom is 0.414 e. The number of methoxy groups -OCH3 is 1. The molecule has 2 bridgehead atoms. The van der Waals surface area contributed by atoms with E-state index in [1.807, 2.05) is 49.9 Å². The highest BCUT2D eigenvalue weighted by molar-refractivity contribution is 6.04. The van der Waals surface area contributed by atoms with Gasteiger partial charge in [0, 0.05) is 37.8 Å². The minimum absolute atomic E-state index is 0.0150. The minimum Gasteiger partial charge on any atom is -0.497 e. The third kappa shape index (κ3) is 4.38. The number of likely N-dealkylation sites (tertiary alicyclic amines) is 1. The van der Waals surface area contributed by atoms with Gasteiger partial charge in [0.05, 0.1) is 37.0 Å². The van der Waals surface area contributed by atoms with Crippen molar-refractivity contribution in [2.45, 2.75) is 39.7 Å². The standard InChI is InChI=1S/C31H37FN4O5/c1-30(2)24-11-12-31(30,3)28(38)36(27(24)37)19-23-18-35(29(39)41-23)21-7-10-26(25(32)17-21)34-15-13-33(14-16-34)20-5-8-22(40-4)9-6-20/h5-10,17,23-24H,11-16,18-19H2,1-4H3/t23-,24?,31?/m1/s1. The number of carbonyl (C=O) groups is 3. The maximum atomic E-state index is 15.4. The number of halogens is 1. The van der Waals surface area contributed by atoms with Crippen LogP contribution in [0, 0.1) is 22.6 Å². The first-order valence-corrected chi connectivity index (χ1v) is 14.3. The highest BCUT2D eigenvalue weighted by Gasteiger charge is 2.64. The van der Waals surface area contributed by atoms with Crippen molar-refractivity contribution in [2.24, 2.45) is 16.7 Å². The Morgan fingerprint density at radius 2 is 1.61 bits per heavy atom. The first-order valence-electron chi connectivity index (χ1n) is 14.3. The molecule has 0 radical (unpaired) electrons. The molecule has 3 aliphatic heterocycles. The second kappa shape index (κ2) is 9.92. The summed E-state index contributed by atoms with van der Waals surface area (Å²) in [6, 6.07) is 12.7. The van der Waals surface area contributed by atoms with Crippen LogP contribution < -0.4 is 19.4 Å². The van der Waals surface area contributed by atoms with Crippen LogP contribution in [-0.4, -0.2) is 75.3 Å². The average molecular weight is 565 g/mol. The topological polar surface area (TPSA) is 82.6 Å². The van der Waals surface area contributed by atoms with E-state index in [-0.39, 0.29) is 30.8 Å². The van der Waals surface area contributed by atoms with E-state index in [1.54, 1.807) is 19.2 Å². The fraction of sp³-hybridized carbons (Fsp3) is 0.516. The zero-order valence-electron chi connectivity index (χ0n) is 24.1. The lowest BCUT2D eigenvalue weighted by Crippen LogP contribution is -2.60. The Balaban J connectivity index is 1.09. The predicted molar refractivity (Wildman–Crippen MR) is 153 cm³/mol. The summed E-state index contributed by atoms with van der Waals surface area (Å²) in [5.74, 6) is -0.213. The lowest BCUT2D eigenvalue weighted by atomic mass is 9.62. The summed E-state index contributed by atoms with van der Waals surface area (Å²) in [4.78, 5) is 46.3. The Bertz CT molecular complexity index is 1370. The van der Waals surface area contributed by atoms with E-state index in [0.717, 1.165) is 24.5 Å². The van der Waals surface area contributed by atoms with Gasteiger partial charge < -0.3 is 19.3 Å². The molecule has 6 rings (SSSR count). The molecule has 4 fully saturated rings. The first kappa shape index (κ1) is 27.4. The number of imide groups is 1. The number of hydrogen-bond donors (Lipinski definition) is 0. The SMILES string of the molecule is COc1ccc(N2CCN(c3ccc(N4C[C@H](CN5C(=O)C6CCC(C)(C5=O)C6(C)C)OC4=O)cc3F)CC2)cc1. The van der Waals surface area contributed by atoms with E-state index in [0.29, 0.717) is 37.3 Å². The van der Waals surface area contributed by atoms with Crippen molar-refractivity contribution >= 4 is 35.0 Å². The van der Waals surface area contributed by atoms with Crippen molar-refractivity contribution in [1.29, 1.82) is 0 Å². The van der Waals surface area contributed by atoms with Crippen LogP contribution in [0.1, 0.15) is 33.6 Å². The molecular weight excluding hydrogens is 527 g/mol. The second-order valence-corrected chi connectivity index (χ2v) is 12.3. The quantitative estimate of drug-likeness (QED) is 0.484. The number of piperidine rings is 1. The number of benzene rings is 2. The fourth-order valence-electron chi connectivity index (χ4n) is 7.02. The van der Waals surface area contributed by atoms with Gasteiger partial charge in [-0.3, -0.25) is 19.4 Å². The zero-order valence-corrected chi connectivity index (χ0v) is 24.1. The van der Waals surface area contributed by atoms with Gasteiger partial charge in [-0.2, -0.15) is 0 Å². The van der Waals surface area contributed by atoms with E-state index < -0.39 is 28.8 Å². The van der Waals surface area contributed by atoms with Crippen LogP contribution in [0.15, 0.2) is 42.5 Å². The largest absolute Gasteiger partial charge is 0.497 e. The molecule has 3 amide bonds. The van der Waals surface area contributed by atoms with E-state index >= 15 is 4.39 Å². The van der Waals surface area contributed by atoms with Crippen molar-refractivity contribution in [3.05, 3.63) is 48.3 Å². The Morgan fingerprint density at radius 3 is 2.27 bits per heavy atom. The Kier molecular flexibility index (Phi) is 6.62.